The lowest BCUT2D eigenvalue weighted by Gasteiger charge is -2.21. The number of carbonyl (C=O) groups is 3. The van der Waals surface area contributed by atoms with Gasteiger partial charge in [0.1, 0.15) is 6.04 Å². The number of rotatable bonds is 6. The molecule has 1 unspecified atom stereocenters. The fourth-order valence-electron chi connectivity index (χ4n) is 1.94. The summed E-state index contributed by atoms with van der Waals surface area (Å²) in [4.78, 5) is 35.3. The van der Waals surface area contributed by atoms with Crippen molar-refractivity contribution in [1.29, 1.82) is 0 Å². The Balaban J connectivity index is 2.95. The smallest absolute Gasteiger partial charge is 0.339 e. The summed E-state index contributed by atoms with van der Waals surface area (Å²) in [5, 5.41) is 5.51. The molecule has 6 nitrogen and oxygen atoms in total. The van der Waals surface area contributed by atoms with Gasteiger partial charge in [-0.15, -0.1) is 0 Å². The molecule has 1 rings (SSSR count). The van der Waals surface area contributed by atoms with Crippen molar-refractivity contribution in [3.05, 3.63) is 28.8 Å². The molecule has 1 aromatic rings. The lowest BCUT2D eigenvalue weighted by atomic mass is 10.0. The van der Waals surface area contributed by atoms with E-state index in [4.69, 9.17) is 16.3 Å². The van der Waals surface area contributed by atoms with E-state index < -0.39 is 12.0 Å². The number of esters is 1. The van der Waals surface area contributed by atoms with E-state index in [1.165, 1.54) is 19.1 Å². The molecule has 2 N–H and O–H groups in total. The van der Waals surface area contributed by atoms with Crippen molar-refractivity contribution < 1.29 is 19.1 Å². The van der Waals surface area contributed by atoms with Crippen LogP contribution in [0.4, 0.5) is 5.69 Å². The van der Waals surface area contributed by atoms with Crippen LogP contribution in [0.3, 0.4) is 0 Å². The summed E-state index contributed by atoms with van der Waals surface area (Å²) in [5.41, 5.74) is 0.574. The minimum absolute atomic E-state index is 0.0873. The summed E-state index contributed by atoms with van der Waals surface area (Å²) in [7, 11) is 0. The normalized spacial score (nSPS) is 11.7. The highest BCUT2D eigenvalue weighted by Gasteiger charge is 2.23. The van der Waals surface area contributed by atoms with Crippen LogP contribution in [0.15, 0.2) is 18.2 Å². The zero-order valence-electron chi connectivity index (χ0n) is 13.6. The Morgan fingerprint density at radius 1 is 1.26 bits per heavy atom. The number of hydrogen-bond acceptors (Lipinski definition) is 4. The number of halogens is 1. The number of amides is 2. The van der Waals surface area contributed by atoms with Crippen LogP contribution in [-0.2, 0) is 14.3 Å². The van der Waals surface area contributed by atoms with Crippen LogP contribution < -0.4 is 10.6 Å². The third-order valence-corrected chi connectivity index (χ3v) is 3.37. The SMILES string of the molecule is CCOC(=O)c1cc(NC(=O)C(NC(C)=O)C(C)C)ccc1Cl. The first-order chi connectivity index (χ1) is 10.8. The van der Waals surface area contributed by atoms with Gasteiger partial charge in [-0.2, -0.15) is 0 Å². The van der Waals surface area contributed by atoms with Crippen LogP contribution in [0.5, 0.6) is 0 Å². The van der Waals surface area contributed by atoms with Crippen molar-refractivity contribution in [2.24, 2.45) is 5.92 Å². The van der Waals surface area contributed by atoms with Gasteiger partial charge in [0.15, 0.2) is 0 Å². The van der Waals surface area contributed by atoms with E-state index in [1.54, 1.807) is 13.0 Å². The zero-order valence-corrected chi connectivity index (χ0v) is 14.4. The second kappa shape index (κ2) is 8.53. The van der Waals surface area contributed by atoms with E-state index in [0.717, 1.165) is 0 Å². The summed E-state index contributed by atoms with van der Waals surface area (Å²) in [6.45, 7) is 6.92. The van der Waals surface area contributed by atoms with E-state index in [-0.39, 0.29) is 34.9 Å². The largest absolute Gasteiger partial charge is 0.462 e. The molecular weight excluding hydrogens is 320 g/mol. The van der Waals surface area contributed by atoms with Crippen LogP contribution in [-0.4, -0.2) is 30.4 Å². The lowest BCUT2D eigenvalue weighted by molar-refractivity contribution is -0.126. The third-order valence-electron chi connectivity index (χ3n) is 3.04. The third kappa shape index (κ3) is 5.56. The molecule has 0 bridgehead atoms. The number of benzene rings is 1. The number of hydrogen-bond donors (Lipinski definition) is 2. The number of nitrogens with one attached hydrogen (secondary N) is 2. The molecular formula is C16H21ClN2O4. The summed E-state index contributed by atoms with van der Waals surface area (Å²) in [6.07, 6.45) is 0. The molecule has 2 amide bonds. The first kappa shape index (κ1) is 19.0. The van der Waals surface area contributed by atoms with Gasteiger partial charge in [-0.3, -0.25) is 9.59 Å². The van der Waals surface area contributed by atoms with Crippen LogP contribution in [0.25, 0.3) is 0 Å². The molecule has 0 spiro atoms. The number of anilines is 1. The Morgan fingerprint density at radius 2 is 1.91 bits per heavy atom. The molecule has 0 aliphatic carbocycles. The van der Waals surface area contributed by atoms with Gasteiger partial charge < -0.3 is 15.4 Å². The number of carbonyl (C=O) groups excluding carboxylic acids is 3. The van der Waals surface area contributed by atoms with Crippen molar-refractivity contribution in [3.8, 4) is 0 Å². The fraction of sp³-hybridized carbons (Fsp3) is 0.438. The Morgan fingerprint density at radius 3 is 2.43 bits per heavy atom. The van der Waals surface area contributed by atoms with Gasteiger partial charge in [0.25, 0.3) is 0 Å². The summed E-state index contributed by atoms with van der Waals surface area (Å²) in [5.74, 6) is -1.30. The Bertz CT molecular complexity index is 602. The van der Waals surface area contributed by atoms with Crippen LogP contribution in [0, 0.1) is 5.92 Å². The first-order valence-electron chi connectivity index (χ1n) is 7.30. The predicted octanol–water partition coefficient (Wildman–Crippen LogP) is 2.62. The van der Waals surface area contributed by atoms with Gasteiger partial charge in [-0.05, 0) is 31.0 Å². The van der Waals surface area contributed by atoms with E-state index in [2.05, 4.69) is 10.6 Å². The maximum Gasteiger partial charge on any atom is 0.339 e. The second-order valence-corrected chi connectivity index (χ2v) is 5.73. The zero-order chi connectivity index (χ0) is 17.6. The number of ether oxygens (including phenoxy) is 1. The van der Waals surface area contributed by atoms with Gasteiger partial charge in [0.05, 0.1) is 17.2 Å². The first-order valence-corrected chi connectivity index (χ1v) is 7.68. The van der Waals surface area contributed by atoms with Gasteiger partial charge >= 0.3 is 5.97 Å². The highest BCUT2D eigenvalue weighted by Crippen LogP contribution is 2.22. The average Bonchev–Trinajstić information content (AvgIpc) is 2.46. The molecule has 1 atom stereocenters. The molecule has 7 heteroatoms. The lowest BCUT2D eigenvalue weighted by Crippen LogP contribution is -2.46. The van der Waals surface area contributed by atoms with Crippen molar-refractivity contribution in [2.45, 2.75) is 33.7 Å². The topological polar surface area (TPSA) is 84.5 Å². The van der Waals surface area contributed by atoms with Gasteiger partial charge in [-0.25, -0.2) is 4.79 Å². The van der Waals surface area contributed by atoms with Crippen LogP contribution >= 0.6 is 11.6 Å². The fourth-order valence-corrected chi connectivity index (χ4v) is 2.14. The monoisotopic (exact) mass is 340 g/mol. The highest BCUT2D eigenvalue weighted by atomic mass is 35.5. The Hall–Kier alpha value is -2.08. The second-order valence-electron chi connectivity index (χ2n) is 5.33. The van der Waals surface area contributed by atoms with Crippen molar-refractivity contribution in [1.82, 2.24) is 5.32 Å². The van der Waals surface area contributed by atoms with Gasteiger partial charge in [0, 0.05) is 12.6 Å². The average molecular weight is 341 g/mol. The van der Waals surface area contributed by atoms with E-state index >= 15 is 0 Å². The van der Waals surface area contributed by atoms with E-state index in [1.807, 2.05) is 13.8 Å². The molecule has 0 saturated carbocycles. The molecule has 1 aromatic carbocycles. The molecule has 126 valence electrons. The van der Waals surface area contributed by atoms with Crippen LogP contribution in [0.1, 0.15) is 38.1 Å². The molecule has 0 heterocycles. The molecule has 0 aliphatic heterocycles. The summed E-state index contributed by atoms with van der Waals surface area (Å²) >= 11 is 5.97. The van der Waals surface area contributed by atoms with Crippen molar-refractivity contribution >= 4 is 35.1 Å². The van der Waals surface area contributed by atoms with Gasteiger partial charge in [0.2, 0.25) is 11.8 Å². The minimum atomic E-state index is -0.672. The van der Waals surface area contributed by atoms with E-state index in [0.29, 0.717) is 5.69 Å². The van der Waals surface area contributed by atoms with Crippen LogP contribution in [0.2, 0.25) is 5.02 Å². The molecule has 0 saturated heterocycles. The Kier molecular flexibility index (Phi) is 7.03. The minimum Gasteiger partial charge on any atom is -0.462 e. The highest BCUT2D eigenvalue weighted by molar-refractivity contribution is 6.33. The summed E-state index contributed by atoms with van der Waals surface area (Å²) < 4.78 is 4.91. The summed E-state index contributed by atoms with van der Waals surface area (Å²) in [6, 6.07) is 3.86. The Labute approximate surface area is 140 Å². The van der Waals surface area contributed by atoms with E-state index in [9.17, 15) is 14.4 Å². The maximum atomic E-state index is 12.3. The molecule has 0 fully saturated rings. The van der Waals surface area contributed by atoms with Crippen molar-refractivity contribution in [2.75, 3.05) is 11.9 Å². The molecule has 0 aliphatic rings. The standard InChI is InChI=1S/C16H21ClN2O4/c1-5-23-16(22)12-8-11(6-7-13(12)17)19-15(21)14(9(2)3)18-10(4)20/h6-9,14H,5H2,1-4H3,(H,18,20)(H,19,21). The maximum absolute atomic E-state index is 12.3. The van der Waals surface area contributed by atoms with Gasteiger partial charge in [-0.1, -0.05) is 25.4 Å². The molecule has 23 heavy (non-hydrogen) atoms. The molecule has 0 radical (unpaired) electrons. The quantitative estimate of drug-likeness (QED) is 0.780. The molecule has 0 aromatic heterocycles. The predicted molar refractivity (Wildman–Crippen MR) is 88.5 cm³/mol. The van der Waals surface area contributed by atoms with Crippen molar-refractivity contribution in [3.63, 3.8) is 0 Å².